The van der Waals surface area contributed by atoms with Crippen LogP contribution < -0.4 is 5.32 Å². The molecule has 1 N–H and O–H groups in total. The highest BCUT2D eigenvalue weighted by Crippen LogP contribution is 2.29. The van der Waals surface area contributed by atoms with Crippen LogP contribution in [0.3, 0.4) is 0 Å². The lowest BCUT2D eigenvalue weighted by molar-refractivity contribution is -0.384. The molecule has 2 heterocycles. The summed E-state index contributed by atoms with van der Waals surface area (Å²) in [6.07, 6.45) is 2.66. The Morgan fingerprint density at radius 2 is 2.25 bits per heavy atom. The second-order valence-corrected chi connectivity index (χ2v) is 5.80. The summed E-state index contributed by atoms with van der Waals surface area (Å²) in [5.41, 5.74) is 0.480. The number of thiazole rings is 1. The minimum absolute atomic E-state index is 0.0479. The molecule has 0 amide bonds. The third-order valence-corrected chi connectivity index (χ3v) is 3.70. The molecule has 2 aromatic heterocycles. The number of nitrogens with zero attached hydrogens (tertiary/aromatic N) is 4. The van der Waals surface area contributed by atoms with E-state index in [0.29, 0.717) is 24.6 Å². The molecule has 0 aliphatic heterocycles. The lowest BCUT2D eigenvalue weighted by Crippen LogP contribution is -2.09. The average Bonchev–Trinajstić information content (AvgIpc) is 2.91. The first-order valence-corrected chi connectivity index (χ1v) is 7.21. The predicted octanol–water partition coefficient (Wildman–Crippen LogP) is 2.89. The van der Waals surface area contributed by atoms with Gasteiger partial charge < -0.3 is 5.32 Å². The van der Waals surface area contributed by atoms with Crippen molar-refractivity contribution >= 4 is 22.8 Å². The quantitative estimate of drug-likeness (QED) is 0.654. The smallest absolute Gasteiger partial charge is 0.333 e. The summed E-state index contributed by atoms with van der Waals surface area (Å²) in [6, 6.07) is 0. The van der Waals surface area contributed by atoms with E-state index in [-0.39, 0.29) is 10.6 Å². The molecule has 0 unspecified atom stereocenters. The highest BCUT2D eigenvalue weighted by atomic mass is 32.1. The molecule has 2 rings (SSSR count). The fourth-order valence-corrected chi connectivity index (χ4v) is 2.71. The second-order valence-electron chi connectivity index (χ2n) is 4.48. The van der Waals surface area contributed by atoms with Gasteiger partial charge in [-0.05, 0) is 20.3 Å². The summed E-state index contributed by atoms with van der Waals surface area (Å²) in [7, 11) is 0. The fraction of sp³-hybridized carbons (Fsp3) is 0.500. The summed E-state index contributed by atoms with van der Waals surface area (Å²) in [6.45, 7) is 6.76. The molecule has 0 aliphatic carbocycles. The van der Waals surface area contributed by atoms with Gasteiger partial charge in [-0.2, -0.15) is 5.10 Å². The number of hydrogen-bond donors (Lipinski definition) is 1. The molecule has 0 fully saturated rings. The standard InChI is InChI=1S/C12H17N5O2S/c1-4-5-16-12(11(17(18)19)9(3)15-16)14-7-10-13-6-8(2)20-10/h6,14H,4-5,7H2,1-3H3. The highest BCUT2D eigenvalue weighted by molar-refractivity contribution is 7.11. The van der Waals surface area contributed by atoms with E-state index in [9.17, 15) is 10.1 Å². The van der Waals surface area contributed by atoms with Gasteiger partial charge in [-0.3, -0.25) is 10.1 Å². The van der Waals surface area contributed by atoms with Crippen molar-refractivity contribution < 1.29 is 4.92 Å². The van der Waals surface area contributed by atoms with Gasteiger partial charge in [-0.25, -0.2) is 9.67 Å². The summed E-state index contributed by atoms with van der Waals surface area (Å²) >= 11 is 1.57. The van der Waals surface area contributed by atoms with Crippen molar-refractivity contribution in [1.29, 1.82) is 0 Å². The van der Waals surface area contributed by atoms with Crippen LogP contribution in [-0.4, -0.2) is 19.7 Å². The van der Waals surface area contributed by atoms with Crippen LogP contribution in [-0.2, 0) is 13.1 Å². The zero-order chi connectivity index (χ0) is 14.7. The van der Waals surface area contributed by atoms with Crippen molar-refractivity contribution in [3.63, 3.8) is 0 Å². The molecule has 0 radical (unpaired) electrons. The number of anilines is 1. The number of hydrogen-bond acceptors (Lipinski definition) is 6. The number of aryl methyl sites for hydroxylation is 3. The Hall–Kier alpha value is -1.96. The zero-order valence-corrected chi connectivity index (χ0v) is 12.5. The molecule has 0 aliphatic rings. The summed E-state index contributed by atoms with van der Waals surface area (Å²) in [4.78, 5) is 16.2. The van der Waals surface area contributed by atoms with Gasteiger partial charge in [0.1, 0.15) is 10.7 Å². The topological polar surface area (TPSA) is 85.9 Å². The predicted molar refractivity (Wildman–Crippen MR) is 78.1 cm³/mol. The van der Waals surface area contributed by atoms with Crippen LogP contribution in [0, 0.1) is 24.0 Å². The van der Waals surface area contributed by atoms with Gasteiger partial charge in [0.2, 0.25) is 5.82 Å². The molecule has 0 saturated carbocycles. The fourth-order valence-electron chi connectivity index (χ4n) is 1.98. The Kier molecular flexibility index (Phi) is 4.33. The third-order valence-electron chi connectivity index (χ3n) is 2.79. The van der Waals surface area contributed by atoms with Crippen molar-refractivity contribution in [3.05, 3.63) is 31.9 Å². The van der Waals surface area contributed by atoms with Crippen LogP contribution in [0.15, 0.2) is 6.20 Å². The number of aromatic nitrogens is 3. The minimum Gasteiger partial charge on any atom is -0.358 e. The second kappa shape index (κ2) is 6.00. The van der Waals surface area contributed by atoms with Crippen molar-refractivity contribution in [2.75, 3.05) is 5.32 Å². The molecule has 0 saturated heterocycles. The summed E-state index contributed by atoms with van der Waals surface area (Å²) in [5.74, 6) is 0.460. The Balaban J connectivity index is 2.25. The lowest BCUT2D eigenvalue weighted by atomic mass is 10.4. The van der Waals surface area contributed by atoms with Crippen molar-refractivity contribution in [1.82, 2.24) is 14.8 Å². The molecule has 7 nitrogen and oxygen atoms in total. The summed E-state index contributed by atoms with van der Waals surface area (Å²) < 4.78 is 1.66. The maximum atomic E-state index is 11.2. The minimum atomic E-state index is -0.385. The van der Waals surface area contributed by atoms with Gasteiger partial charge in [-0.15, -0.1) is 11.3 Å². The third kappa shape index (κ3) is 2.96. The van der Waals surface area contributed by atoms with Crippen LogP contribution in [0.4, 0.5) is 11.5 Å². The average molecular weight is 295 g/mol. The molecule has 8 heteroatoms. The van der Waals surface area contributed by atoms with Crippen LogP contribution in [0.5, 0.6) is 0 Å². The van der Waals surface area contributed by atoms with Crippen LogP contribution >= 0.6 is 11.3 Å². The van der Waals surface area contributed by atoms with Crippen LogP contribution in [0.2, 0.25) is 0 Å². The molecular weight excluding hydrogens is 278 g/mol. The van der Waals surface area contributed by atoms with E-state index in [1.807, 2.05) is 13.8 Å². The van der Waals surface area contributed by atoms with Crippen molar-refractivity contribution in [2.45, 2.75) is 40.3 Å². The van der Waals surface area contributed by atoms with Crippen LogP contribution in [0.25, 0.3) is 0 Å². The highest BCUT2D eigenvalue weighted by Gasteiger charge is 2.24. The lowest BCUT2D eigenvalue weighted by Gasteiger charge is -2.06. The van der Waals surface area contributed by atoms with E-state index in [4.69, 9.17) is 0 Å². The largest absolute Gasteiger partial charge is 0.358 e. The van der Waals surface area contributed by atoms with Gasteiger partial charge in [0.25, 0.3) is 0 Å². The molecule has 0 spiro atoms. The van der Waals surface area contributed by atoms with Crippen LogP contribution in [0.1, 0.15) is 28.9 Å². The molecule has 2 aromatic rings. The van der Waals surface area contributed by atoms with Gasteiger partial charge in [0.15, 0.2) is 0 Å². The normalized spacial score (nSPS) is 10.8. The molecule has 0 bridgehead atoms. The van der Waals surface area contributed by atoms with E-state index in [2.05, 4.69) is 15.4 Å². The van der Waals surface area contributed by atoms with E-state index in [1.54, 1.807) is 29.1 Å². The van der Waals surface area contributed by atoms with E-state index in [1.165, 1.54) is 0 Å². The summed E-state index contributed by atoms with van der Waals surface area (Å²) in [5, 5.41) is 19.4. The maximum absolute atomic E-state index is 11.2. The number of rotatable bonds is 6. The van der Waals surface area contributed by atoms with Gasteiger partial charge in [-0.1, -0.05) is 6.92 Å². The Morgan fingerprint density at radius 1 is 1.50 bits per heavy atom. The zero-order valence-electron chi connectivity index (χ0n) is 11.7. The van der Waals surface area contributed by atoms with E-state index < -0.39 is 0 Å². The molecule has 108 valence electrons. The number of nitrogens with one attached hydrogen (secondary N) is 1. The van der Waals surface area contributed by atoms with Gasteiger partial charge >= 0.3 is 5.69 Å². The SMILES string of the molecule is CCCn1nc(C)c([N+](=O)[O-])c1NCc1ncc(C)s1. The molecule has 0 atom stereocenters. The first-order chi connectivity index (χ1) is 9.52. The Bertz CT molecular complexity index is 619. The maximum Gasteiger partial charge on any atom is 0.333 e. The Morgan fingerprint density at radius 3 is 2.80 bits per heavy atom. The Labute approximate surface area is 120 Å². The molecule has 20 heavy (non-hydrogen) atoms. The van der Waals surface area contributed by atoms with Crippen molar-refractivity contribution in [2.24, 2.45) is 0 Å². The molecular formula is C12H17N5O2S. The van der Waals surface area contributed by atoms with E-state index >= 15 is 0 Å². The van der Waals surface area contributed by atoms with Gasteiger partial charge in [0.05, 0.1) is 11.5 Å². The van der Waals surface area contributed by atoms with E-state index in [0.717, 1.165) is 16.3 Å². The van der Waals surface area contributed by atoms with Crippen molar-refractivity contribution in [3.8, 4) is 0 Å². The molecule has 0 aromatic carbocycles. The number of nitro groups is 1. The first kappa shape index (κ1) is 14.4. The first-order valence-electron chi connectivity index (χ1n) is 6.40. The van der Waals surface area contributed by atoms with Gasteiger partial charge in [0, 0.05) is 17.6 Å². The monoisotopic (exact) mass is 295 g/mol.